The number of rotatable bonds is 4. The maximum atomic E-state index is 12.6. The van der Waals surface area contributed by atoms with Gasteiger partial charge in [0.1, 0.15) is 0 Å². The second-order valence-electron chi connectivity index (χ2n) is 2.96. The molecule has 0 bridgehead atoms. The predicted octanol–water partition coefficient (Wildman–Crippen LogP) is 2.21. The van der Waals surface area contributed by atoms with E-state index in [0.717, 1.165) is 6.07 Å². The van der Waals surface area contributed by atoms with E-state index in [1.807, 2.05) is 0 Å². The number of nitro groups is 1. The Kier molecular flexibility index (Phi) is 3.89. The van der Waals surface area contributed by atoms with Gasteiger partial charge in [-0.2, -0.15) is 0 Å². The van der Waals surface area contributed by atoms with Crippen molar-refractivity contribution < 1.29 is 23.6 Å². The lowest BCUT2D eigenvalue weighted by molar-refractivity contribution is -0.390. The Morgan fingerprint density at radius 3 is 2.65 bits per heavy atom. The highest BCUT2D eigenvalue weighted by Gasteiger charge is 2.27. The van der Waals surface area contributed by atoms with Crippen molar-refractivity contribution in [1.82, 2.24) is 4.98 Å². The molecule has 0 spiro atoms. The Hall–Kier alpha value is -1.83. The lowest BCUT2D eigenvalue weighted by Gasteiger charge is -2.06. The first-order valence-electron chi connectivity index (χ1n) is 4.16. The summed E-state index contributed by atoms with van der Waals surface area (Å²) in [5.41, 5.74) is -1.43. The van der Waals surface area contributed by atoms with Crippen LogP contribution in [0.3, 0.4) is 0 Å². The van der Waals surface area contributed by atoms with Crippen LogP contribution in [0.4, 0.5) is 14.6 Å². The van der Waals surface area contributed by atoms with Gasteiger partial charge in [-0.1, -0.05) is 0 Å². The van der Waals surface area contributed by atoms with Crippen LogP contribution in [-0.4, -0.2) is 21.0 Å². The molecule has 92 valence electrons. The number of alkyl halides is 2. The van der Waals surface area contributed by atoms with Crippen LogP contribution < -0.4 is 0 Å². The van der Waals surface area contributed by atoms with Gasteiger partial charge < -0.3 is 15.2 Å². The van der Waals surface area contributed by atoms with Gasteiger partial charge in [0.05, 0.1) is 12.0 Å². The van der Waals surface area contributed by atoms with Crippen molar-refractivity contribution in [3.05, 3.63) is 32.5 Å². The molecule has 0 atom stereocenters. The molecule has 9 heteroatoms. The standard InChI is InChI=1S/C8H5ClF2N2O4/c9-5-1-3(7(10)11)4(2-6(14)15)8(12-5)13(16)17/h1,7H,2H2,(H,14,15). The fourth-order valence-corrected chi connectivity index (χ4v) is 1.42. The van der Waals surface area contributed by atoms with E-state index in [-0.39, 0.29) is 0 Å². The van der Waals surface area contributed by atoms with Crippen molar-refractivity contribution in [3.63, 3.8) is 0 Å². The summed E-state index contributed by atoms with van der Waals surface area (Å²) in [6.45, 7) is 0. The molecule has 0 aromatic carbocycles. The molecule has 1 heterocycles. The number of pyridine rings is 1. The number of carboxylic acid groups (broad SMARTS) is 1. The Morgan fingerprint density at radius 1 is 1.65 bits per heavy atom. The van der Waals surface area contributed by atoms with E-state index in [0.29, 0.717) is 0 Å². The molecule has 0 saturated heterocycles. The second-order valence-corrected chi connectivity index (χ2v) is 3.35. The third-order valence-corrected chi connectivity index (χ3v) is 2.04. The quantitative estimate of drug-likeness (QED) is 0.512. The molecule has 6 nitrogen and oxygen atoms in total. The molecule has 0 saturated carbocycles. The molecule has 0 aliphatic heterocycles. The Bertz CT molecular complexity index is 481. The summed E-state index contributed by atoms with van der Waals surface area (Å²) < 4.78 is 25.2. The Morgan fingerprint density at radius 2 is 2.24 bits per heavy atom. The van der Waals surface area contributed by atoms with Gasteiger partial charge in [-0.25, -0.2) is 8.78 Å². The number of carboxylic acids is 1. The molecule has 0 amide bonds. The van der Waals surface area contributed by atoms with Crippen molar-refractivity contribution in [3.8, 4) is 0 Å². The SMILES string of the molecule is O=C(O)Cc1c(C(F)F)cc(Cl)nc1[N+](=O)[O-]. The summed E-state index contributed by atoms with van der Waals surface area (Å²) >= 11 is 5.35. The van der Waals surface area contributed by atoms with E-state index in [2.05, 4.69) is 4.98 Å². The molecule has 0 fully saturated rings. The normalized spacial score (nSPS) is 10.6. The molecule has 1 aromatic rings. The largest absolute Gasteiger partial charge is 0.481 e. The third-order valence-electron chi connectivity index (χ3n) is 1.84. The zero-order chi connectivity index (χ0) is 13.2. The Labute approximate surface area is 98.0 Å². The van der Waals surface area contributed by atoms with Gasteiger partial charge in [0.25, 0.3) is 6.43 Å². The third kappa shape index (κ3) is 3.06. The van der Waals surface area contributed by atoms with Crippen molar-refractivity contribution in [2.24, 2.45) is 0 Å². The molecule has 1 aromatic heterocycles. The molecule has 1 N–H and O–H groups in total. The summed E-state index contributed by atoms with van der Waals surface area (Å²) in [6, 6.07) is 0.720. The highest BCUT2D eigenvalue weighted by Crippen LogP contribution is 2.31. The van der Waals surface area contributed by atoms with Crippen LogP contribution in [0.25, 0.3) is 0 Å². The smallest absolute Gasteiger partial charge is 0.369 e. The van der Waals surface area contributed by atoms with E-state index < -0.39 is 45.8 Å². The van der Waals surface area contributed by atoms with E-state index >= 15 is 0 Å². The van der Waals surface area contributed by atoms with Gasteiger partial charge in [0.2, 0.25) is 5.15 Å². The molecule has 0 unspecified atom stereocenters. The lowest BCUT2D eigenvalue weighted by Crippen LogP contribution is -2.09. The minimum atomic E-state index is -3.07. The molecule has 1 rings (SSSR count). The second kappa shape index (κ2) is 5.00. The number of aromatic nitrogens is 1. The summed E-state index contributed by atoms with van der Waals surface area (Å²) in [5, 5.41) is 18.6. The first kappa shape index (κ1) is 13.2. The van der Waals surface area contributed by atoms with E-state index in [4.69, 9.17) is 16.7 Å². The van der Waals surface area contributed by atoms with Crippen LogP contribution in [0.1, 0.15) is 17.6 Å². The summed E-state index contributed by atoms with van der Waals surface area (Å²) in [7, 11) is 0. The number of nitrogens with zero attached hydrogens (tertiary/aromatic N) is 2. The minimum Gasteiger partial charge on any atom is -0.481 e. The molecule has 0 radical (unpaired) electrons. The summed E-state index contributed by atoms with van der Waals surface area (Å²) in [4.78, 5) is 23.2. The minimum absolute atomic E-state index is 0.485. The first-order valence-corrected chi connectivity index (χ1v) is 4.54. The highest BCUT2D eigenvalue weighted by molar-refractivity contribution is 6.29. The predicted molar refractivity (Wildman–Crippen MR) is 52.2 cm³/mol. The van der Waals surface area contributed by atoms with Crippen LogP contribution in [0.2, 0.25) is 5.15 Å². The van der Waals surface area contributed by atoms with Gasteiger partial charge in [0.15, 0.2) is 0 Å². The maximum Gasteiger partial charge on any atom is 0.369 e. The molecular formula is C8H5ClF2N2O4. The zero-order valence-corrected chi connectivity index (χ0v) is 8.82. The van der Waals surface area contributed by atoms with E-state index in [1.165, 1.54) is 0 Å². The van der Waals surface area contributed by atoms with Crippen molar-refractivity contribution in [2.45, 2.75) is 12.8 Å². The van der Waals surface area contributed by atoms with Crippen LogP contribution in [0.15, 0.2) is 6.07 Å². The van der Waals surface area contributed by atoms with Gasteiger partial charge >= 0.3 is 11.8 Å². The monoisotopic (exact) mass is 266 g/mol. The van der Waals surface area contributed by atoms with Gasteiger partial charge in [-0.15, -0.1) is 0 Å². The van der Waals surface area contributed by atoms with Gasteiger partial charge in [0, 0.05) is 11.6 Å². The van der Waals surface area contributed by atoms with Crippen LogP contribution in [-0.2, 0) is 11.2 Å². The van der Waals surface area contributed by atoms with Crippen LogP contribution in [0, 0.1) is 10.1 Å². The molecule has 17 heavy (non-hydrogen) atoms. The number of hydrogen-bond donors (Lipinski definition) is 1. The molecule has 0 aliphatic rings. The van der Waals surface area contributed by atoms with Gasteiger partial charge in [-0.3, -0.25) is 4.79 Å². The van der Waals surface area contributed by atoms with Crippen LogP contribution >= 0.6 is 11.6 Å². The lowest BCUT2D eigenvalue weighted by atomic mass is 10.1. The summed E-state index contributed by atoms with van der Waals surface area (Å²) in [6.07, 6.45) is -3.98. The van der Waals surface area contributed by atoms with Crippen molar-refractivity contribution in [1.29, 1.82) is 0 Å². The first-order chi connectivity index (χ1) is 7.82. The van der Waals surface area contributed by atoms with Crippen LogP contribution in [0.5, 0.6) is 0 Å². The number of aliphatic carboxylic acids is 1. The Balaban J connectivity index is 3.46. The fourth-order valence-electron chi connectivity index (χ4n) is 1.22. The number of hydrogen-bond acceptors (Lipinski definition) is 4. The number of carbonyl (C=O) groups is 1. The maximum absolute atomic E-state index is 12.6. The molecular weight excluding hydrogens is 262 g/mol. The summed E-state index contributed by atoms with van der Waals surface area (Å²) in [5.74, 6) is -2.44. The molecule has 0 aliphatic carbocycles. The van der Waals surface area contributed by atoms with E-state index in [1.54, 1.807) is 0 Å². The van der Waals surface area contributed by atoms with E-state index in [9.17, 15) is 23.7 Å². The van der Waals surface area contributed by atoms with Crippen molar-refractivity contribution in [2.75, 3.05) is 0 Å². The van der Waals surface area contributed by atoms with Crippen molar-refractivity contribution >= 4 is 23.4 Å². The number of halogens is 3. The topological polar surface area (TPSA) is 93.3 Å². The highest BCUT2D eigenvalue weighted by atomic mass is 35.5. The van der Waals surface area contributed by atoms with Gasteiger partial charge in [-0.05, 0) is 21.5 Å². The average molecular weight is 267 g/mol. The zero-order valence-electron chi connectivity index (χ0n) is 8.06. The average Bonchev–Trinajstić information content (AvgIpc) is 2.18. The fraction of sp³-hybridized carbons (Fsp3) is 0.250.